The van der Waals surface area contributed by atoms with Crippen LogP contribution >= 0.6 is 0 Å². The number of fused-ring (bicyclic) bond motifs is 3. The summed E-state index contributed by atoms with van der Waals surface area (Å²) in [5.41, 5.74) is -2.15. The third-order valence-corrected chi connectivity index (χ3v) is 12.3. The number of aromatic hydroxyl groups is 2. The Kier molecular flexibility index (Phi) is 11.9. The zero-order chi connectivity index (χ0) is 47.2. The summed E-state index contributed by atoms with van der Waals surface area (Å²) in [4.78, 5) is 25.6. The van der Waals surface area contributed by atoms with E-state index < -0.39 is 76.8 Å². The van der Waals surface area contributed by atoms with Crippen molar-refractivity contribution in [3.8, 4) is 34.5 Å². The molecule has 0 aromatic heterocycles. The van der Waals surface area contributed by atoms with Crippen LogP contribution in [0, 0.1) is 5.92 Å². The number of aliphatic imine (C=N–C) groups is 3. The Morgan fingerprint density at radius 2 is 1.73 bits per heavy atom. The van der Waals surface area contributed by atoms with Gasteiger partial charge >= 0.3 is 11.8 Å². The Balaban J connectivity index is 1.08. The van der Waals surface area contributed by atoms with Crippen molar-refractivity contribution in [2.75, 3.05) is 13.2 Å². The highest BCUT2D eigenvalue weighted by molar-refractivity contribution is 6.14. The fourth-order valence-corrected chi connectivity index (χ4v) is 9.05. The third-order valence-electron chi connectivity index (χ3n) is 12.3. The summed E-state index contributed by atoms with van der Waals surface area (Å²) in [5, 5.41) is 97.9. The largest absolute Gasteiger partial charge is 0.508 e. The van der Waals surface area contributed by atoms with Gasteiger partial charge < -0.3 is 64.5 Å². The van der Waals surface area contributed by atoms with E-state index in [4.69, 9.17) is 29.1 Å². The molecule has 0 spiro atoms. The number of hydrogen-bond acceptors (Lipinski definition) is 15. The molecule has 1 fully saturated rings. The van der Waals surface area contributed by atoms with E-state index in [1.54, 1.807) is 72.8 Å². The summed E-state index contributed by atoms with van der Waals surface area (Å²) < 4.78 is 30.6. The topological polar surface area (TPSA) is 288 Å². The molecule has 1 saturated heterocycles. The maximum absolute atomic E-state index is 13.1. The van der Waals surface area contributed by atoms with Crippen LogP contribution in [0.4, 0.5) is 0 Å². The zero-order valence-electron chi connectivity index (χ0n) is 35.8. The van der Waals surface area contributed by atoms with E-state index in [1.807, 2.05) is 13.0 Å². The van der Waals surface area contributed by atoms with Crippen molar-refractivity contribution in [1.82, 2.24) is 0 Å². The van der Waals surface area contributed by atoms with Crippen LogP contribution in [0.25, 0.3) is 5.76 Å². The molecule has 4 aromatic rings. The van der Waals surface area contributed by atoms with Crippen LogP contribution in [0.15, 0.2) is 124 Å². The van der Waals surface area contributed by atoms with Crippen molar-refractivity contribution in [1.29, 1.82) is 0 Å². The minimum Gasteiger partial charge on any atom is -0.508 e. The van der Waals surface area contributed by atoms with Crippen LogP contribution < -0.4 is 24.4 Å². The van der Waals surface area contributed by atoms with Gasteiger partial charge in [0.1, 0.15) is 65.9 Å². The Labute approximate surface area is 382 Å². The van der Waals surface area contributed by atoms with Crippen molar-refractivity contribution >= 4 is 35.3 Å². The number of hydrogen-bond donors (Lipinski definition) is 9. The normalized spacial score (nSPS) is 26.4. The molecule has 1 aliphatic carbocycles. The quantitative estimate of drug-likeness (QED) is 0.0775. The standard InChI is InChI=1S/C49H46N4O14/c1-2-25-14-27(17-30(54)16-25)22-64-43-38(19-37-40(42(43)57)34(55)18-36(65-37)28-8-10-31(11-9-28)63-23-35(56)32-12-13-39(50)53-32)66-47-48(61)20-29(15-26-6-4-3-5-7-26)41(33-21-51-24-52-33)49(62,46(48)60)44(67-47)45(58)59/h3-14,16-20,24,35-36,41,44,46-47,50,54-57,60-62H,2,15,21-23H2,1H3,(H,58,59)/p+1. The van der Waals surface area contributed by atoms with Crippen molar-refractivity contribution < 1.29 is 74.7 Å². The summed E-state index contributed by atoms with van der Waals surface area (Å²) in [6, 6.07) is 21.6. The first-order valence-electron chi connectivity index (χ1n) is 21.4. The zero-order valence-corrected chi connectivity index (χ0v) is 35.8. The van der Waals surface area contributed by atoms with Crippen LogP contribution in [0.5, 0.6) is 34.5 Å². The molecule has 67 heavy (non-hydrogen) atoms. The van der Waals surface area contributed by atoms with E-state index in [2.05, 4.69) is 15.0 Å². The first kappa shape index (κ1) is 44.8. The molecule has 346 valence electrons. The molecule has 4 aromatic carbocycles. The average Bonchev–Trinajstić information content (AvgIpc) is 4.00. The highest BCUT2D eigenvalue weighted by atomic mass is 16.7. The number of phenols is 2. The second-order valence-corrected chi connectivity index (χ2v) is 16.7. The Bertz CT molecular complexity index is 2810. The second-order valence-electron chi connectivity index (χ2n) is 16.7. The van der Waals surface area contributed by atoms with Gasteiger partial charge in [0.25, 0.3) is 0 Å². The van der Waals surface area contributed by atoms with Crippen molar-refractivity contribution in [2.24, 2.45) is 20.9 Å². The number of carbonyl (C=O) groups is 1. The number of aliphatic hydroxyl groups excluding tert-OH is 3. The number of nitrogens with two attached hydrogens (primary N) is 1. The molecule has 5 aliphatic rings. The Hall–Kier alpha value is -7.35. The van der Waals surface area contributed by atoms with Crippen LogP contribution in [0.2, 0.25) is 0 Å². The molecule has 0 saturated carbocycles. The minimum absolute atomic E-state index is 0.0152. The summed E-state index contributed by atoms with van der Waals surface area (Å²) in [6.45, 7) is 1.50. The molecule has 18 nitrogen and oxygen atoms in total. The minimum atomic E-state index is -2.71. The van der Waals surface area contributed by atoms with Crippen LogP contribution in [-0.2, 0) is 29.0 Å². The first-order chi connectivity index (χ1) is 32.2. The van der Waals surface area contributed by atoms with E-state index in [0.29, 0.717) is 34.6 Å². The first-order valence-corrected chi connectivity index (χ1v) is 21.4. The predicted octanol–water partition coefficient (Wildman–Crippen LogP) is 2.47. The van der Waals surface area contributed by atoms with Crippen LogP contribution in [0.3, 0.4) is 0 Å². The van der Waals surface area contributed by atoms with Crippen LogP contribution in [0.1, 0.15) is 40.8 Å². The monoisotopic (exact) mass is 915 g/mol. The van der Waals surface area contributed by atoms with Crippen molar-refractivity contribution in [2.45, 2.75) is 68.3 Å². The number of carboxylic acid groups (broad SMARTS) is 1. The maximum Gasteiger partial charge on any atom is 0.336 e. The van der Waals surface area contributed by atoms with Gasteiger partial charge in [0.05, 0.1) is 18.2 Å². The predicted molar refractivity (Wildman–Crippen MR) is 241 cm³/mol. The van der Waals surface area contributed by atoms with Gasteiger partial charge in [-0.1, -0.05) is 61.0 Å². The fourth-order valence-electron chi connectivity index (χ4n) is 9.05. The lowest BCUT2D eigenvalue weighted by atomic mass is 9.60. The molecule has 18 heteroatoms. The number of phenolic OH excluding ortho intramolecular Hbond substituents is 2. The van der Waals surface area contributed by atoms with E-state index in [1.165, 1.54) is 30.6 Å². The molecule has 0 amide bonds. The Morgan fingerprint density at radius 3 is 2.42 bits per heavy atom. The van der Waals surface area contributed by atoms with Gasteiger partial charge in [-0.05, 0) is 76.5 Å². The maximum atomic E-state index is 13.1. The third kappa shape index (κ3) is 8.40. The number of aliphatic carboxylic acids is 1. The Morgan fingerprint density at radius 1 is 0.970 bits per heavy atom. The van der Waals surface area contributed by atoms with E-state index in [-0.39, 0.29) is 54.8 Å². The summed E-state index contributed by atoms with van der Waals surface area (Å²) in [7, 11) is 0. The molecular weight excluding hydrogens is 869 g/mol. The van der Waals surface area contributed by atoms with Gasteiger partial charge in [0.2, 0.25) is 12.0 Å². The molecular formula is C49H47N4O14+. The number of carboxylic acids is 1. The van der Waals surface area contributed by atoms with E-state index in [9.17, 15) is 45.6 Å². The van der Waals surface area contributed by atoms with Gasteiger partial charge in [-0.3, -0.25) is 10.4 Å². The number of benzene rings is 4. The second kappa shape index (κ2) is 17.8. The van der Waals surface area contributed by atoms with Gasteiger partial charge in [0.15, 0.2) is 35.0 Å². The summed E-state index contributed by atoms with van der Waals surface area (Å²) in [6.07, 6.45) is -0.895. The smallest absolute Gasteiger partial charge is 0.336 e. The SMILES string of the molecule is CCc1cc(O)cc(COc2c(OC3OC(C(=O)O)C4(O)C(C5=NC=NC5)C(Cc5ccccc5)=CC3(O)C4O)cc3c(c2O)C(O)=CC(c2ccc(OCC(O)C4=NC(=[NH2+])C=C4)cc2)O3)c1. The molecule has 9 rings (SSSR count). The van der Waals surface area contributed by atoms with Crippen molar-refractivity contribution in [3.63, 3.8) is 0 Å². The van der Waals surface area contributed by atoms with Gasteiger partial charge in [-0.15, -0.1) is 0 Å². The lowest BCUT2D eigenvalue weighted by molar-refractivity contribution is -0.338. The number of rotatable bonds is 15. The molecule has 4 aliphatic heterocycles. The molecule has 4 heterocycles. The molecule has 8 atom stereocenters. The molecule has 10 N–H and O–H groups in total. The van der Waals surface area contributed by atoms with Gasteiger partial charge in [0, 0.05) is 18.2 Å². The van der Waals surface area contributed by atoms with E-state index in [0.717, 1.165) is 11.1 Å². The number of aryl methyl sites for hydroxylation is 1. The molecule has 8 unspecified atom stereocenters. The highest BCUT2D eigenvalue weighted by Gasteiger charge is 2.71. The fraction of sp³-hybridized carbons (Fsp3) is 0.286. The summed E-state index contributed by atoms with van der Waals surface area (Å²) >= 11 is 0. The molecule has 2 bridgehead atoms. The highest BCUT2D eigenvalue weighted by Crippen LogP contribution is 2.54. The number of nitrogens with zero attached hydrogens (tertiary/aromatic N) is 3. The summed E-state index contributed by atoms with van der Waals surface area (Å²) in [5.74, 6) is -4.38. The number of aliphatic hydroxyl groups is 5. The van der Waals surface area contributed by atoms with Gasteiger partial charge in [-0.25, -0.2) is 9.79 Å². The van der Waals surface area contributed by atoms with Crippen LogP contribution in [-0.4, -0.2) is 119 Å². The average molecular weight is 916 g/mol. The van der Waals surface area contributed by atoms with Crippen molar-refractivity contribution in [3.05, 3.63) is 137 Å². The molecule has 0 radical (unpaired) electrons. The number of ether oxygens (including phenoxy) is 5. The lowest BCUT2D eigenvalue weighted by Gasteiger charge is -2.57. The van der Waals surface area contributed by atoms with E-state index >= 15 is 0 Å². The van der Waals surface area contributed by atoms with Gasteiger partial charge in [-0.2, -0.15) is 0 Å². The number of amidine groups is 1. The lowest BCUT2D eigenvalue weighted by Crippen LogP contribution is -2.79.